The minimum Gasteiger partial charge on any atom is -0.337 e. The van der Waals surface area contributed by atoms with Crippen molar-refractivity contribution in [1.29, 1.82) is 0 Å². The van der Waals surface area contributed by atoms with Crippen LogP contribution in [0.15, 0.2) is 12.3 Å². The summed E-state index contributed by atoms with van der Waals surface area (Å²) in [5.74, 6) is -1.17. The summed E-state index contributed by atoms with van der Waals surface area (Å²) in [4.78, 5) is 17.1. The molecule has 0 N–H and O–H groups in total. The SMILES string of the molecule is O=C(c1cc(F)cnc1Cl)N1CCCS(=O)(=O)CC1. The summed E-state index contributed by atoms with van der Waals surface area (Å²) in [6, 6.07) is 1.01. The Morgan fingerprint density at radius 1 is 1.37 bits per heavy atom. The molecule has 1 amide bonds. The van der Waals surface area contributed by atoms with E-state index in [2.05, 4.69) is 4.98 Å². The molecule has 0 saturated carbocycles. The van der Waals surface area contributed by atoms with Gasteiger partial charge in [0.05, 0.1) is 23.3 Å². The van der Waals surface area contributed by atoms with Crippen LogP contribution < -0.4 is 0 Å². The molecule has 0 aliphatic carbocycles. The number of sulfone groups is 1. The maximum atomic E-state index is 13.1. The lowest BCUT2D eigenvalue weighted by atomic mass is 10.2. The van der Waals surface area contributed by atoms with Crippen molar-refractivity contribution in [2.45, 2.75) is 6.42 Å². The predicted molar refractivity (Wildman–Crippen MR) is 68.4 cm³/mol. The fourth-order valence-corrected chi connectivity index (χ4v) is 3.34. The van der Waals surface area contributed by atoms with Crippen molar-refractivity contribution in [2.24, 2.45) is 0 Å². The van der Waals surface area contributed by atoms with Crippen molar-refractivity contribution >= 4 is 27.3 Å². The van der Waals surface area contributed by atoms with Gasteiger partial charge in [-0.15, -0.1) is 0 Å². The highest BCUT2D eigenvalue weighted by Crippen LogP contribution is 2.17. The van der Waals surface area contributed by atoms with E-state index in [0.717, 1.165) is 12.3 Å². The first-order valence-electron chi connectivity index (χ1n) is 5.70. The molecule has 19 heavy (non-hydrogen) atoms. The van der Waals surface area contributed by atoms with Crippen LogP contribution in [-0.4, -0.2) is 48.8 Å². The second kappa shape index (κ2) is 5.42. The van der Waals surface area contributed by atoms with Crippen LogP contribution in [0.4, 0.5) is 4.39 Å². The van der Waals surface area contributed by atoms with Gasteiger partial charge in [0.2, 0.25) is 0 Å². The molecule has 1 aliphatic heterocycles. The molecule has 8 heteroatoms. The second-order valence-corrected chi connectivity index (χ2v) is 6.95. The first-order chi connectivity index (χ1) is 8.89. The molecule has 2 rings (SSSR count). The molecule has 0 radical (unpaired) electrons. The number of hydrogen-bond donors (Lipinski definition) is 0. The largest absolute Gasteiger partial charge is 0.337 e. The van der Waals surface area contributed by atoms with Crippen LogP contribution in [0, 0.1) is 5.82 Å². The molecular formula is C11H12ClFN2O3S. The van der Waals surface area contributed by atoms with Crippen molar-refractivity contribution in [2.75, 3.05) is 24.6 Å². The molecule has 0 spiro atoms. The number of nitrogens with zero attached hydrogens (tertiary/aromatic N) is 2. The van der Waals surface area contributed by atoms with E-state index in [4.69, 9.17) is 11.6 Å². The normalized spacial score (nSPS) is 18.9. The second-order valence-electron chi connectivity index (χ2n) is 4.29. The zero-order chi connectivity index (χ0) is 14.0. The highest BCUT2D eigenvalue weighted by atomic mass is 35.5. The quantitative estimate of drug-likeness (QED) is 0.730. The van der Waals surface area contributed by atoms with Crippen LogP contribution in [0.5, 0.6) is 0 Å². The average Bonchev–Trinajstić information content (AvgIpc) is 2.52. The van der Waals surface area contributed by atoms with E-state index in [-0.39, 0.29) is 28.8 Å². The number of halogens is 2. The Kier molecular flexibility index (Phi) is 4.05. The van der Waals surface area contributed by atoms with Gasteiger partial charge in [-0.25, -0.2) is 17.8 Å². The van der Waals surface area contributed by atoms with Crippen LogP contribution in [0.3, 0.4) is 0 Å². The molecule has 2 heterocycles. The number of rotatable bonds is 1. The van der Waals surface area contributed by atoms with Gasteiger partial charge in [0.15, 0.2) is 9.84 Å². The fourth-order valence-electron chi connectivity index (χ4n) is 1.88. The zero-order valence-electron chi connectivity index (χ0n) is 9.97. The van der Waals surface area contributed by atoms with Gasteiger partial charge < -0.3 is 4.90 Å². The van der Waals surface area contributed by atoms with Crippen molar-refractivity contribution in [3.8, 4) is 0 Å². The summed E-state index contributed by atoms with van der Waals surface area (Å²) in [6.07, 6.45) is 1.29. The molecule has 0 bridgehead atoms. The van der Waals surface area contributed by atoms with Crippen LogP contribution in [-0.2, 0) is 9.84 Å². The predicted octanol–water partition coefficient (Wildman–Crippen LogP) is 1.13. The number of amides is 1. The van der Waals surface area contributed by atoms with Crippen molar-refractivity contribution in [3.63, 3.8) is 0 Å². The molecule has 1 aromatic rings. The third-order valence-electron chi connectivity index (χ3n) is 2.88. The van der Waals surface area contributed by atoms with Gasteiger partial charge in [0.1, 0.15) is 11.0 Å². The van der Waals surface area contributed by atoms with Gasteiger partial charge in [0.25, 0.3) is 5.91 Å². The minimum absolute atomic E-state index is 0.0408. The average molecular weight is 307 g/mol. The van der Waals surface area contributed by atoms with Crippen LogP contribution in [0.1, 0.15) is 16.8 Å². The Balaban J connectivity index is 2.22. The van der Waals surface area contributed by atoms with Crippen molar-refractivity contribution in [1.82, 2.24) is 9.88 Å². The summed E-state index contributed by atoms with van der Waals surface area (Å²) >= 11 is 5.76. The number of pyridine rings is 1. The minimum atomic E-state index is -3.10. The van der Waals surface area contributed by atoms with Crippen LogP contribution in [0.25, 0.3) is 0 Å². The van der Waals surface area contributed by atoms with E-state index >= 15 is 0 Å². The smallest absolute Gasteiger partial charge is 0.257 e. The summed E-state index contributed by atoms with van der Waals surface area (Å²) in [5.41, 5.74) is -0.0408. The molecular weight excluding hydrogens is 295 g/mol. The molecule has 0 unspecified atom stereocenters. The molecule has 0 atom stereocenters. The first-order valence-corrected chi connectivity index (χ1v) is 7.90. The van der Waals surface area contributed by atoms with Gasteiger partial charge in [-0.05, 0) is 12.5 Å². The van der Waals surface area contributed by atoms with Crippen LogP contribution >= 0.6 is 11.6 Å². The monoisotopic (exact) mass is 306 g/mol. The highest BCUT2D eigenvalue weighted by Gasteiger charge is 2.25. The van der Waals surface area contributed by atoms with Crippen molar-refractivity contribution < 1.29 is 17.6 Å². The molecule has 0 aromatic carbocycles. The molecule has 1 aliphatic rings. The third-order valence-corrected chi connectivity index (χ3v) is 4.90. The van der Waals surface area contributed by atoms with Gasteiger partial charge in [-0.3, -0.25) is 4.79 Å². The van der Waals surface area contributed by atoms with E-state index in [1.54, 1.807) is 0 Å². The lowest BCUT2D eigenvalue weighted by Crippen LogP contribution is -2.34. The van der Waals surface area contributed by atoms with Gasteiger partial charge in [-0.2, -0.15) is 0 Å². The van der Waals surface area contributed by atoms with Gasteiger partial charge in [-0.1, -0.05) is 11.6 Å². The lowest BCUT2D eigenvalue weighted by molar-refractivity contribution is 0.0767. The summed E-state index contributed by atoms with van der Waals surface area (Å²) in [7, 11) is -3.10. The van der Waals surface area contributed by atoms with E-state index in [1.165, 1.54) is 4.90 Å². The van der Waals surface area contributed by atoms with E-state index < -0.39 is 21.6 Å². The van der Waals surface area contributed by atoms with E-state index in [0.29, 0.717) is 13.0 Å². The molecule has 1 aromatic heterocycles. The highest BCUT2D eigenvalue weighted by molar-refractivity contribution is 7.91. The Hall–Kier alpha value is -1.21. The van der Waals surface area contributed by atoms with E-state index in [9.17, 15) is 17.6 Å². The van der Waals surface area contributed by atoms with Crippen molar-refractivity contribution in [3.05, 3.63) is 28.8 Å². The lowest BCUT2D eigenvalue weighted by Gasteiger charge is -2.20. The van der Waals surface area contributed by atoms with Gasteiger partial charge >= 0.3 is 0 Å². The molecule has 1 saturated heterocycles. The molecule has 1 fully saturated rings. The van der Waals surface area contributed by atoms with Gasteiger partial charge in [0, 0.05) is 13.1 Å². The third kappa shape index (κ3) is 3.42. The fraction of sp³-hybridized carbons (Fsp3) is 0.455. The molecule has 104 valence electrons. The molecule has 5 nitrogen and oxygen atoms in total. The van der Waals surface area contributed by atoms with Crippen LogP contribution in [0.2, 0.25) is 5.15 Å². The first kappa shape index (κ1) is 14.2. The Morgan fingerprint density at radius 2 is 2.11 bits per heavy atom. The number of hydrogen-bond acceptors (Lipinski definition) is 4. The maximum absolute atomic E-state index is 13.1. The Bertz CT molecular complexity index is 606. The van der Waals surface area contributed by atoms with E-state index in [1.807, 2.05) is 0 Å². The number of aromatic nitrogens is 1. The number of carbonyl (C=O) groups excluding carboxylic acids is 1. The standard InChI is InChI=1S/C11H12ClFN2O3S/c12-10-9(6-8(13)7-14-10)11(16)15-2-1-4-19(17,18)5-3-15/h6-7H,1-5H2. The Morgan fingerprint density at radius 3 is 2.84 bits per heavy atom. The topological polar surface area (TPSA) is 67.3 Å². The summed E-state index contributed by atoms with van der Waals surface area (Å²) in [5, 5.41) is -0.0847. The summed E-state index contributed by atoms with van der Waals surface area (Å²) in [6.45, 7) is 0.402. The zero-order valence-corrected chi connectivity index (χ0v) is 11.5. The Labute approximate surface area is 115 Å². The number of carbonyl (C=O) groups is 1. The maximum Gasteiger partial charge on any atom is 0.257 e. The summed E-state index contributed by atoms with van der Waals surface area (Å²) < 4.78 is 36.0.